The number of rotatable bonds is 9. The Hall–Kier alpha value is -2.34. The van der Waals surface area contributed by atoms with Gasteiger partial charge in [0, 0.05) is 12.5 Å². The molecule has 184 valence electrons. The maximum Gasteiger partial charge on any atom is 0.227 e. The first-order valence-electron chi connectivity index (χ1n) is 12.5. The van der Waals surface area contributed by atoms with Crippen molar-refractivity contribution >= 4 is 26.7 Å². The van der Waals surface area contributed by atoms with Crippen LogP contribution in [0.25, 0.3) is 0 Å². The predicted octanol–water partition coefficient (Wildman–Crippen LogP) is 6.45. The van der Waals surface area contributed by atoms with E-state index in [1.54, 1.807) is 0 Å². The van der Waals surface area contributed by atoms with Crippen molar-refractivity contribution in [1.29, 1.82) is 0 Å². The van der Waals surface area contributed by atoms with Crippen LogP contribution in [-0.4, -0.2) is 26.9 Å². The lowest BCUT2D eigenvalue weighted by Gasteiger charge is -2.49. The summed E-state index contributed by atoms with van der Waals surface area (Å²) < 4.78 is 5.76. The van der Waals surface area contributed by atoms with Gasteiger partial charge in [-0.2, -0.15) is 0 Å². The molecule has 1 saturated heterocycles. The lowest BCUT2D eigenvalue weighted by molar-refractivity contribution is -0.138. The molecule has 0 radical (unpaired) electrons. The van der Waals surface area contributed by atoms with Gasteiger partial charge in [0.25, 0.3) is 0 Å². The summed E-state index contributed by atoms with van der Waals surface area (Å²) in [7, 11) is -1.20. The van der Waals surface area contributed by atoms with E-state index in [0.29, 0.717) is 6.61 Å². The van der Waals surface area contributed by atoms with E-state index in [4.69, 9.17) is 4.43 Å². The lowest BCUT2D eigenvalue weighted by atomic mass is 9.71. The highest BCUT2D eigenvalue weighted by Gasteiger charge is 2.52. The van der Waals surface area contributed by atoms with Crippen LogP contribution in [0.2, 0.25) is 13.1 Å². The van der Waals surface area contributed by atoms with Crippen LogP contribution < -0.4 is 5.32 Å². The molecule has 0 saturated carbocycles. The second-order valence-corrected chi connectivity index (χ2v) is 14.5. The molecular formula is C30H37NO2SSi. The van der Waals surface area contributed by atoms with E-state index in [1.807, 2.05) is 11.8 Å². The molecule has 1 amide bonds. The molecule has 1 heterocycles. The van der Waals surface area contributed by atoms with Crippen LogP contribution in [0.3, 0.4) is 0 Å². The fourth-order valence-corrected chi connectivity index (χ4v) is 7.39. The smallest absolute Gasteiger partial charge is 0.227 e. The van der Waals surface area contributed by atoms with Crippen LogP contribution in [-0.2, 0) is 14.0 Å². The Bertz CT molecular complexity index is 1000. The van der Waals surface area contributed by atoms with Gasteiger partial charge >= 0.3 is 0 Å². The minimum absolute atomic E-state index is 0.0234. The average molecular weight is 504 g/mol. The van der Waals surface area contributed by atoms with E-state index in [0.717, 1.165) is 0 Å². The highest BCUT2D eigenvalue weighted by molar-refractivity contribution is 8.01. The quantitative estimate of drug-likeness (QED) is 0.207. The molecule has 3 nitrogen and oxygen atoms in total. The number of carbonyl (C=O) groups excluding carboxylic acids is 1. The number of nitrogens with one attached hydrogen (secondary N) is 1. The molecule has 0 spiro atoms. The number of hydrogen-bond acceptors (Lipinski definition) is 3. The SMILES string of the molecule is C[SiH](C)OC[C@H]([C@H]1C(=O)N[C@@H]1SC(c1ccccc1)(c1ccccc1)c1ccccc1)C(C)(C)C. The average Bonchev–Trinajstić information content (AvgIpc) is 2.85. The van der Waals surface area contributed by atoms with Crippen LogP contribution in [0, 0.1) is 17.3 Å². The number of amides is 1. The maximum absolute atomic E-state index is 13.1. The van der Waals surface area contributed by atoms with E-state index in [-0.39, 0.29) is 28.5 Å². The van der Waals surface area contributed by atoms with Gasteiger partial charge in [0.15, 0.2) is 9.04 Å². The molecule has 35 heavy (non-hydrogen) atoms. The molecule has 1 fully saturated rings. The molecule has 3 aromatic rings. The van der Waals surface area contributed by atoms with Gasteiger partial charge in [-0.25, -0.2) is 0 Å². The predicted molar refractivity (Wildman–Crippen MR) is 150 cm³/mol. The zero-order valence-electron chi connectivity index (χ0n) is 21.4. The first-order valence-corrected chi connectivity index (χ1v) is 16.2. The first-order chi connectivity index (χ1) is 16.7. The Labute approximate surface area is 216 Å². The van der Waals surface area contributed by atoms with Gasteiger partial charge < -0.3 is 9.74 Å². The first kappa shape index (κ1) is 25.7. The van der Waals surface area contributed by atoms with Crippen LogP contribution in [0.4, 0.5) is 0 Å². The van der Waals surface area contributed by atoms with Crippen LogP contribution in [0.15, 0.2) is 91.0 Å². The van der Waals surface area contributed by atoms with Crippen LogP contribution >= 0.6 is 11.8 Å². The van der Waals surface area contributed by atoms with Gasteiger partial charge in [0.1, 0.15) is 0 Å². The van der Waals surface area contributed by atoms with Crippen molar-refractivity contribution in [2.24, 2.45) is 17.3 Å². The molecule has 0 aliphatic carbocycles. The van der Waals surface area contributed by atoms with Gasteiger partial charge in [-0.3, -0.25) is 4.79 Å². The minimum Gasteiger partial charge on any atom is -0.420 e. The number of hydrogen-bond donors (Lipinski definition) is 1. The zero-order valence-corrected chi connectivity index (χ0v) is 23.4. The number of β-lactam (4-membered cyclic amide) rings is 1. The molecule has 0 aromatic heterocycles. The summed E-state index contributed by atoms with van der Waals surface area (Å²) in [5.41, 5.74) is 3.58. The van der Waals surface area contributed by atoms with Crippen molar-refractivity contribution in [2.75, 3.05) is 6.61 Å². The molecule has 1 aliphatic rings. The molecule has 1 aliphatic heterocycles. The Morgan fingerprint density at radius 2 is 1.26 bits per heavy atom. The van der Waals surface area contributed by atoms with Gasteiger partial charge in [0.05, 0.1) is 16.0 Å². The zero-order chi connectivity index (χ0) is 25.1. The van der Waals surface area contributed by atoms with Crippen molar-refractivity contribution in [3.05, 3.63) is 108 Å². The maximum atomic E-state index is 13.1. The third kappa shape index (κ3) is 5.42. The highest BCUT2D eigenvalue weighted by Crippen LogP contribution is 2.54. The van der Waals surface area contributed by atoms with Gasteiger partial charge in [-0.05, 0) is 35.2 Å². The summed E-state index contributed by atoms with van der Waals surface area (Å²) >= 11 is 1.85. The summed E-state index contributed by atoms with van der Waals surface area (Å²) in [4.78, 5) is 13.1. The van der Waals surface area contributed by atoms with Crippen molar-refractivity contribution in [3.8, 4) is 0 Å². The lowest BCUT2D eigenvalue weighted by Crippen LogP contribution is -2.62. The third-order valence-electron chi connectivity index (χ3n) is 6.91. The molecule has 3 aromatic carbocycles. The normalized spacial score (nSPS) is 19.2. The van der Waals surface area contributed by atoms with E-state index in [9.17, 15) is 4.79 Å². The van der Waals surface area contributed by atoms with E-state index < -0.39 is 13.8 Å². The van der Waals surface area contributed by atoms with Crippen molar-refractivity contribution in [3.63, 3.8) is 0 Å². The molecule has 0 bridgehead atoms. The van der Waals surface area contributed by atoms with E-state index >= 15 is 0 Å². The Morgan fingerprint density at radius 3 is 1.60 bits per heavy atom. The second kappa shape index (κ2) is 10.7. The number of thioether (sulfide) groups is 1. The fraction of sp³-hybridized carbons (Fsp3) is 0.367. The monoisotopic (exact) mass is 503 g/mol. The summed E-state index contributed by atoms with van der Waals surface area (Å²) in [6, 6.07) is 32.0. The molecule has 1 N–H and O–H groups in total. The van der Waals surface area contributed by atoms with Gasteiger partial charge in [-0.15, -0.1) is 11.8 Å². The van der Waals surface area contributed by atoms with Gasteiger partial charge in [0.2, 0.25) is 5.91 Å². The summed E-state index contributed by atoms with van der Waals surface area (Å²) in [5, 5.41) is 3.25. The highest BCUT2D eigenvalue weighted by atomic mass is 32.2. The van der Waals surface area contributed by atoms with E-state index in [1.165, 1.54) is 16.7 Å². The molecule has 5 heteroatoms. The Morgan fingerprint density at radius 1 is 0.829 bits per heavy atom. The topological polar surface area (TPSA) is 38.3 Å². The van der Waals surface area contributed by atoms with Crippen LogP contribution in [0.1, 0.15) is 37.5 Å². The fourth-order valence-electron chi connectivity index (χ4n) is 4.97. The molecular weight excluding hydrogens is 466 g/mol. The second-order valence-electron chi connectivity index (χ2n) is 10.7. The van der Waals surface area contributed by atoms with Crippen molar-refractivity contribution in [2.45, 2.75) is 44.0 Å². The third-order valence-corrected chi connectivity index (χ3v) is 9.50. The summed E-state index contributed by atoms with van der Waals surface area (Å²) in [5.74, 6) is 0.173. The van der Waals surface area contributed by atoms with Crippen molar-refractivity contribution in [1.82, 2.24) is 5.32 Å². The van der Waals surface area contributed by atoms with Crippen molar-refractivity contribution < 1.29 is 9.22 Å². The largest absolute Gasteiger partial charge is 0.420 e. The number of carbonyl (C=O) groups is 1. The number of benzene rings is 3. The molecule has 3 atom stereocenters. The summed E-state index contributed by atoms with van der Waals surface area (Å²) in [6.07, 6.45) is 0. The molecule has 4 rings (SSSR count). The Balaban J connectivity index is 1.81. The molecule has 0 unspecified atom stereocenters. The Kier molecular flexibility index (Phi) is 7.89. The van der Waals surface area contributed by atoms with E-state index in [2.05, 4.69) is 130 Å². The minimum atomic E-state index is -1.20. The van der Waals surface area contributed by atoms with Crippen LogP contribution in [0.5, 0.6) is 0 Å². The van der Waals surface area contributed by atoms with Gasteiger partial charge in [-0.1, -0.05) is 112 Å². The standard InChI is InChI=1S/C30H37NO2SSi/c1-29(2,3)25(21-33-35(4)5)26-27(32)31-28(26)34-30(22-15-9-6-10-16-22,23-17-11-7-12-18-23)24-19-13-8-14-20-24/h6-20,25-26,28,35H,21H2,1-5H3,(H,31,32)/t25-,26+,28-/m1/s1. The summed E-state index contributed by atoms with van der Waals surface area (Å²) in [6.45, 7) is 11.7.